The van der Waals surface area contributed by atoms with Gasteiger partial charge < -0.3 is 9.84 Å². The van der Waals surface area contributed by atoms with Crippen molar-refractivity contribution in [2.45, 2.75) is 46.3 Å². The molecule has 0 aliphatic heterocycles. The van der Waals surface area contributed by atoms with Crippen LogP contribution >= 0.6 is 0 Å². The van der Waals surface area contributed by atoms with E-state index in [0.29, 0.717) is 6.42 Å². The number of rotatable bonds is 9. The summed E-state index contributed by atoms with van der Waals surface area (Å²) in [4.78, 5) is 11.9. The lowest BCUT2D eigenvalue weighted by Gasteiger charge is -2.30. The van der Waals surface area contributed by atoms with E-state index in [9.17, 15) is 9.90 Å². The molecule has 0 saturated carbocycles. The minimum atomic E-state index is -0.498. The molecular formula is C18H28O3. The van der Waals surface area contributed by atoms with Crippen molar-refractivity contribution in [2.24, 2.45) is 11.8 Å². The van der Waals surface area contributed by atoms with Gasteiger partial charge in [0.1, 0.15) is 6.10 Å². The van der Waals surface area contributed by atoms with Gasteiger partial charge >= 0.3 is 5.97 Å². The van der Waals surface area contributed by atoms with E-state index in [2.05, 4.69) is 6.58 Å². The molecule has 0 heterocycles. The van der Waals surface area contributed by atoms with E-state index in [1.807, 2.05) is 45.9 Å². The van der Waals surface area contributed by atoms with E-state index in [1.165, 1.54) is 6.08 Å². The van der Waals surface area contributed by atoms with E-state index in [-0.39, 0.29) is 17.9 Å². The first-order valence-electron chi connectivity index (χ1n) is 7.45. The van der Waals surface area contributed by atoms with Crippen molar-refractivity contribution in [3.05, 3.63) is 49.1 Å². The predicted molar refractivity (Wildman–Crippen MR) is 87.8 cm³/mol. The lowest BCUT2D eigenvalue weighted by molar-refractivity contribution is -0.150. The Morgan fingerprint density at radius 2 is 1.95 bits per heavy atom. The molecule has 0 amide bonds. The van der Waals surface area contributed by atoms with Crippen molar-refractivity contribution in [1.29, 1.82) is 0 Å². The van der Waals surface area contributed by atoms with Crippen molar-refractivity contribution < 1.29 is 14.6 Å². The quantitative estimate of drug-likeness (QED) is 0.399. The first kappa shape index (κ1) is 19.4. The van der Waals surface area contributed by atoms with Crippen molar-refractivity contribution in [3.63, 3.8) is 0 Å². The number of hydrogen-bond donors (Lipinski definition) is 1. The van der Waals surface area contributed by atoms with E-state index < -0.39 is 12.1 Å². The highest BCUT2D eigenvalue weighted by Crippen LogP contribution is 2.23. The Labute approximate surface area is 128 Å². The maximum absolute atomic E-state index is 11.9. The zero-order valence-electron chi connectivity index (χ0n) is 13.5. The van der Waals surface area contributed by atoms with Gasteiger partial charge in [0.2, 0.25) is 0 Å². The van der Waals surface area contributed by atoms with Crippen molar-refractivity contribution in [3.8, 4) is 0 Å². The molecule has 0 spiro atoms. The van der Waals surface area contributed by atoms with Gasteiger partial charge in [-0.2, -0.15) is 0 Å². The highest BCUT2D eigenvalue weighted by atomic mass is 16.5. The monoisotopic (exact) mass is 292 g/mol. The number of hydrogen-bond acceptors (Lipinski definition) is 3. The molecule has 3 nitrogen and oxygen atoms in total. The zero-order valence-corrected chi connectivity index (χ0v) is 13.5. The third-order valence-corrected chi connectivity index (χ3v) is 3.40. The van der Waals surface area contributed by atoms with Gasteiger partial charge in [-0.25, -0.2) is 4.79 Å². The van der Waals surface area contributed by atoms with Gasteiger partial charge in [0.15, 0.2) is 0 Å². The molecule has 118 valence electrons. The van der Waals surface area contributed by atoms with Crippen LogP contribution in [-0.4, -0.2) is 23.3 Å². The summed E-state index contributed by atoms with van der Waals surface area (Å²) >= 11 is 0. The van der Waals surface area contributed by atoms with Crippen LogP contribution in [0.3, 0.4) is 0 Å². The molecule has 0 aromatic heterocycles. The van der Waals surface area contributed by atoms with Crippen LogP contribution in [-0.2, 0) is 9.53 Å². The molecule has 4 unspecified atom stereocenters. The van der Waals surface area contributed by atoms with Gasteiger partial charge in [0.05, 0.1) is 6.10 Å². The molecule has 3 heteroatoms. The molecular weight excluding hydrogens is 264 g/mol. The van der Waals surface area contributed by atoms with Gasteiger partial charge in [-0.1, -0.05) is 63.8 Å². The molecule has 0 aliphatic rings. The standard InChI is InChI=1S/C18H28O3/c1-6-9-11-13-17(20)21-18(14(4)12-10-7-2)15(5)16(19)8-3/h6-7,9-16,18-19H,2,8H2,1,3-5H3. The highest BCUT2D eigenvalue weighted by Gasteiger charge is 2.29. The summed E-state index contributed by atoms with van der Waals surface area (Å²) in [5, 5.41) is 10.0. The molecule has 1 N–H and O–H groups in total. The predicted octanol–water partition coefficient (Wildman–Crippen LogP) is 3.82. The zero-order chi connectivity index (χ0) is 16.3. The summed E-state index contributed by atoms with van der Waals surface area (Å²) < 4.78 is 5.54. The van der Waals surface area contributed by atoms with Crippen LogP contribution < -0.4 is 0 Å². The fourth-order valence-electron chi connectivity index (χ4n) is 2.07. The average molecular weight is 292 g/mol. The second-order valence-electron chi connectivity index (χ2n) is 5.10. The van der Waals surface area contributed by atoms with Gasteiger partial charge in [-0.15, -0.1) is 0 Å². The number of carbonyl (C=O) groups is 1. The van der Waals surface area contributed by atoms with E-state index in [0.717, 1.165) is 0 Å². The Morgan fingerprint density at radius 1 is 1.29 bits per heavy atom. The fourth-order valence-corrected chi connectivity index (χ4v) is 2.07. The Hall–Kier alpha value is -1.61. The van der Waals surface area contributed by atoms with Crippen LogP contribution in [0.4, 0.5) is 0 Å². The maximum Gasteiger partial charge on any atom is 0.331 e. The van der Waals surface area contributed by atoms with Gasteiger partial charge in [-0.05, 0) is 13.3 Å². The van der Waals surface area contributed by atoms with Crippen LogP contribution in [0.25, 0.3) is 0 Å². The van der Waals surface area contributed by atoms with Crippen LogP contribution in [0.1, 0.15) is 34.1 Å². The van der Waals surface area contributed by atoms with E-state index in [1.54, 1.807) is 18.2 Å². The Balaban J connectivity index is 4.99. The number of allylic oxidation sites excluding steroid dienone is 5. The molecule has 21 heavy (non-hydrogen) atoms. The number of carbonyl (C=O) groups excluding carboxylic acids is 1. The summed E-state index contributed by atoms with van der Waals surface area (Å²) in [5.74, 6) is -0.538. The number of aliphatic hydroxyl groups is 1. The first-order chi connectivity index (χ1) is 9.97. The third-order valence-electron chi connectivity index (χ3n) is 3.40. The minimum Gasteiger partial charge on any atom is -0.458 e. The average Bonchev–Trinajstić information content (AvgIpc) is 2.48. The minimum absolute atomic E-state index is 0.00160. The molecule has 0 saturated heterocycles. The van der Waals surface area contributed by atoms with Crippen LogP contribution in [0.5, 0.6) is 0 Å². The molecule has 0 rings (SSSR count). The van der Waals surface area contributed by atoms with Gasteiger partial charge in [0, 0.05) is 17.9 Å². The van der Waals surface area contributed by atoms with Crippen LogP contribution in [0.15, 0.2) is 49.1 Å². The molecule has 0 aliphatic carbocycles. The summed E-state index contributed by atoms with van der Waals surface area (Å²) in [6, 6.07) is 0. The SMILES string of the molecule is C=CC=CC(C)C(OC(=O)C=CC=CC)C(C)C(O)CC. The largest absolute Gasteiger partial charge is 0.458 e. The number of ether oxygens (including phenoxy) is 1. The molecule has 0 aromatic carbocycles. The van der Waals surface area contributed by atoms with Crippen LogP contribution in [0, 0.1) is 11.8 Å². The van der Waals surface area contributed by atoms with Crippen molar-refractivity contribution >= 4 is 5.97 Å². The first-order valence-corrected chi connectivity index (χ1v) is 7.45. The van der Waals surface area contributed by atoms with Crippen LogP contribution in [0.2, 0.25) is 0 Å². The summed E-state index contributed by atoms with van der Waals surface area (Å²) in [5.41, 5.74) is 0. The number of esters is 1. The Morgan fingerprint density at radius 3 is 2.48 bits per heavy atom. The third kappa shape index (κ3) is 7.66. The van der Waals surface area contributed by atoms with Gasteiger partial charge in [0.25, 0.3) is 0 Å². The smallest absolute Gasteiger partial charge is 0.331 e. The Kier molecular flexibility index (Phi) is 10.2. The summed E-state index contributed by atoms with van der Waals surface area (Å²) in [6.07, 6.45) is 11.8. The lowest BCUT2D eigenvalue weighted by Crippen LogP contribution is -2.36. The fraction of sp³-hybridized carbons (Fsp3) is 0.500. The number of aliphatic hydroxyl groups excluding tert-OH is 1. The lowest BCUT2D eigenvalue weighted by atomic mass is 9.88. The van der Waals surface area contributed by atoms with E-state index >= 15 is 0 Å². The van der Waals surface area contributed by atoms with Crippen molar-refractivity contribution in [2.75, 3.05) is 0 Å². The highest BCUT2D eigenvalue weighted by molar-refractivity contribution is 5.82. The summed E-state index contributed by atoms with van der Waals surface area (Å²) in [7, 11) is 0. The van der Waals surface area contributed by atoms with Crippen molar-refractivity contribution in [1.82, 2.24) is 0 Å². The normalized spacial score (nSPS) is 18.0. The second kappa shape index (κ2) is 11.1. The molecule has 0 aromatic rings. The summed E-state index contributed by atoms with van der Waals surface area (Å²) in [6.45, 7) is 11.3. The second-order valence-corrected chi connectivity index (χ2v) is 5.10. The Bertz CT molecular complexity index is 393. The molecule has 4 atom stereocenters. The molecule has 0 fully saturated rings. The van der Waals surface area contributed by atoms with E-state index in [4.69, 9.17) is 4.74 Å². The molecule has 0 bridgehead atoms. The maximum atomic E-state index is 11.9. The van der Waals surface area contributed by atoms with Gasteiger partial charge in [-0.3, -0.25) is 0 Å². The molecule has 0 radical (unpaired) electrons. The topological polar surface area (TPSA) is 46.5 Å².